The maximum absolute atomic E-state index is 11.3. The molecule has 0 aromatic heterocycles. The highest BCUT2D eigenvalue weighted by Gasteiger charge is 2.11. The lowest BCUT2D eigenvalue weighted by Crippen LogP contribution is -2.25. The highest BCUT2D eigenvalue weighted by molar-refractivity contribution is 7.99. The molecule has 0 fully saturated rings. The number of carbonyl (C=O) groups is 2. The summed E-state index contributed by atoms with van der Waals surface area (Å²) >= 11 is 1.54. The molecule has 2 unspecified atom stereocenters. The van der Waals surface area contributed by atoms with E-state index in [2.05, 4.69) is 13.2 Å². The van der Waals surface area contributed by atoms with Gasteiger partial charge in [0.25, 0.3) is 0 Å². The molecular weight excluding hydrogens is 472 g/mol. The van der Waals surface area contributed by atoms with E-state index < -0.39 is 24.1 Å². The van der Waals surface area contributed by atoms with Gasteiger partial charge in [-0.05, 0) is 62.4 Å². The van der Waals surface area contributed by atoms with Crippen molar-refractivity contribution in [2.24, 2.45) is 0 Å². The van der Waals surface area contributed by atoms with Crippen LogP contribution in [0.2, 0.25) is 0 Å². The summed E-state index contributed by atoms with van der Waals surface area (Å²) in [6.45, 7) is 9.67. The zero-order valence-corrected chi connectivity index (χ0v) is 20.6. The first-order valence-electron chi connectivity index (χ1n) is 10.8. The number of rotatable bonds is 14. The quantitative estimate of drug-likeness (QED) is 0.296. The van der Waals surface area contributed by atoms with Crippen molar-refractivity contribution in [1.82, 2.24) is 0 Å². The van der Waals surface area contributed by atoms with Gasteiger partial charge in [0.05, 0.1) is 0 Å². The standard InChI is InChI=1S/C26H30O8S/c1-17(2)25(29)33-15-19(27)13-31-21-5-9-23(10-6-21)35-24-11-7-22(8-12-24)32-14-20(28)16-34-26(30)18(3)4/h5-12,19-20,27-28H,1,3,13-16H2,2,4H3. The molecule has 9 heteroatoms. The zero-order valence-electron chi connectivity index (χ0n) is 19.8. The van der Waals surface area contributed by atoms with Crippen LogP contribution in [0, 0.1) is 0 Å². The molecule has 2 rings (SSSR count). The van der Waals surface area contributed by atoms with Crippen LogP contribution in [0.15, 0.2) is 82.6 Å². The van der Waals surface area contributed by atoms with Gasteiger partial charge in [0, 0.05) is 20.9 Å². The summed E-state index contributed by atoms with van der Waals surface area (Å²) in [7, 11) is 0. The summed E-state index contributed by atoms with van der Waals surface area (Å²) in [5.74, 6) is 0.0557. The number of hydrogen-bond donors (Lipinski definition) is 2. The van der Waals surface area contributed by atoms with Crippen molar-refractivity contribution in [3.05, 3.63) is 72.8 Å². The monoisotopic (exact) mass is 502 g/mol. The van der Waals surface area contributed by atoms with Crippen LogP contribution in [0.4, 0.5) is 0 Å². The second-order valence-corrected chi connectivity index (χ2v) is 8.88. The minimum atomic E-state index is -0.944. The topological polar surface area (TPSA) is 112 Å². The van der Waals surface area contributed by atoms with Crippen molar-refractivity contribution in [3.8, 4) is 11.5 Å². The third kappa shape index (κ3) is 10.7. The van der Waals surface area contributed by atoms with Crippen LogP contribution in [0.5, 0.6) is 11.5 Å². The molecule has 0 aliphatic rings. The maximum atomic E-state index is 11.3. The van der Waals surface area contributed by atoms with Crippen molar-refractivity contribution < 1.29 is 38.7 Å². The summed E-state index contributed by atoms with van der Waals surface area (Å²) in [6, 6.07) is 14.7. The minimum Gasteiger partial charge on any atom is -0.491 e. The van der Waals surface area contributed by atoms with Crippen molar-refractivity contribution in [2.45, 2.75) is 35.8 Å². The van der Waals surface area contributed by atoms with E-state index in [1.165, 1.54) is 13.8 Å². The smallest absolute Gasteiger partial charge is 0.333 e. The Morgan fingerprint density at radius 1 is 0.714 bits per heavy atom. The van der Waals surface area contributed by atoms with Gasteiger partial charge in [-0.2, -0.15) is 0 Å². The average molecular weight is 503 g/mol. The zero-order chi connectivity index (χ0) is 25.8. The Balaban J connectivity index is 1.74. The third-order valence-electron chi connectivity index (χ3n) is 4.28. The van der Waals surface area contributed by atoms with E-state index in [-0.39, 0.29) is 37.6 Å². The Morgan fingerprint density at radius 3 is 1.37 bits per heavy atom. The van der Waals surface area contributed by atoms with Gasteiger partial charge in [0.1, 0.15) is 50.1 Å². The molecule has 0 spiro atoms. The van der Waals surface area contributed by atoms with Gasteiger partial charge in [-0.25, -0.2) is 9.59 Å². The van der Waals surface area contributed by atoms with Crippen LogP contribution in [-0.4, -0.2) is 60.8 Å². The summed E-state index contributed by atoms with van der Waals surface area (Å²) < 4.78 is 20.8. The van der Waals surface area contributed by atoms with Gasteiger partial charge in [0.15, 0.2) is 0 Å². The molecule has 0 saturated carbocycles. The van der Waals surface area contributed by atoms with Gasteiger partial charge >= 0.3 is 11.9 Å². The van der Waals surface area contributed by atoms with Crippen LogP contribution in [-0.2, 0) is 19.1 Å². The lowest BCUT2D eigenvalue weighted by atomic mass is 10.3. The van der Waals surface area contributed by atoms with Crippen molar-refractivity contribution in [2.75, 3.05) is 26.4 Å². The Morgan fingerprint density at radius 2 is 1.06 bits per heavy atom. The van der Waals surface area contributed by atoms with Crippen LogP contribution in [0.25, 0.3) is 0 Å². The van der Waals surface area contributed by atoms with Gasteiger partial charge in [-0.3, -0.25) is 0 Å². The molecule has 0 aliphatic heterocycles. The predicted octanol–water partition coefficient (Wildman–Crippen LogP) is 3.56. The summed E-state index contributed by atoms with van der Waals surface area (Å²) in [6.07, 6.45) is -1.89. The molecule has 2 aromatic carbocycles. The fourth-order valence-corrected chi connectivity index (χ4v) is 3.23. The largest absolute Gasteiger partial charge is 0.491 e. The Labute approximate surface area is 209 Å². The van der Waals surface area contributed by atoms with Gasteiger partial charge < -0.3 is 29.2 Å². The molecule has 188 valence electrons. The highest BCUT2D eigenvalue weighted by Crippen LogP contribution is 2.30. The predicted molar refractivity (Wildman–Crippen MR) is 132 cm³/mol. The number of ether oxygens (including phenoxy) is 4. The number of esters is 2. The van der Waals surface area contributed by atoms with E-state index >= 15 is 0 Å². The molecule has 0 heterocycles. The molecule has 0 bridgehead atoms. The summed E-state index contributed by atoms with van der Waals surface area (Å²) in [5.41, 5.74) is 0.539. The third-order valence-corrected chi connectivity index (χ3v) is 5.29. The Kier molecular flexibility index (Phi) is 11.4. The normalized spacial score (nSPS) is 12.2. The number of benzene rings is 2. The van der Waals surface area contributed by atoms with E-state index in [0.29, 0.717) is 11.5 Å². The van der Waals surface area contributed by atoms with Gasteiger partial charge in [-0.1, -0.05) is 24.9 Å². The van der Waals surface area contributed by atoms with E-state index in [1.807, 2.05) is 24.3 Å². The Bertz CT molecular complexity index is 920. The average Bonchev–Trinajstić information content (AvgIpc) is 2.84. The van der Waals surface area contributed by atoms with E-state index in [1.54, 1.807) is 36.0 Å². The molecule has 35 heavy (non-hydrogen) atoms. The van der Waals surface area contributed by atoms with E-state index in [4.69, 9.17) is 18.9 Å². The molecule has 2 aromatic rings. The first-order valence-corrected chi connectivity index (χ1v) is 11.6. The van der Waals surface area contributed by atoms with Gasteiger partial charge in [0.2, 0.25) is 0 Å². The second kappa shape index (κ2) is 14.2. The molecule has 0 saturated heterocycles. The molecule has 0 radical (unpaired) electrons. The van der Waals surface area contributed by atoms with E-state index in [9.17, 15) is 19.8 Å². The number of aliphatic hydroxyl groups is 2. The lowest BCUT2D eigenvalue weighted by Gasteiger charge is -2.13. The fourth-order valence-electron chi connectivity index (χ4n) is 2.42. The van der Waals surface area contributed by atoms with E-state index in [0.717, 1.165) is 9.79 Å². The van der Waals surface area contributed by atoms with Crippen LogP contribution < -0.4 is 9.47 Å². The summed E-state index contributed by atoms with van der Waals surface area (Å²) in [5, 5.41) is 19.7. The molecule has 2 atom stereocenters. The fraction of sp³-hybridized carbons (Fsp3) is 0.308. The first kappa shape index (κ1) is 28.0. The number of aliphatic hydroxyl groups excluding tert-OH is 2. The first-order chi connectivity index (χ1) is 16.6. The number of hydrogen-bond acceptors (Lipinski definition) is 9. The van der Waals surface area contributed by atoms with Crippen molar-refractivity contribution >= 4 is 23.7 Å². The van der Waals surface area contributed by atoms with Crippen molar-refractivity contribution in [1.29, 1.82) is 0 Å². The van der Waals surface area contributed by atoms with Crippen LogP contribution in [0.1, 0.15) is 13.8 Å². The highest BCUT2D eigenvalue weighted by atomic mass is 32.2. The second-order valence-electron chi connectivity index (χ2n) is 7.73. The molecule has 0 aliphatic carbocycles. The summed E-state index contributed by atoms with van der Waals surface area (Å²) in [4.78, 5) is 24.6. The number of carbonyl (C=O) groups excluding carboxylic acids is 2. The lowest BCUT2D eigenvalue weighted by molar-refractivity contribution is -0.143. The van der Waals surface area contributed by atoms with Crippen LogP contribution >= 0.6 is 11.8 Å². The Hall–Kier alpha value is -3.27. The molecule has 2 N–H and O–H groups in total. The minimum absolute atomic E-state index is 0.0115. The molecular formula is C26H30O8S. The maximum Gasteiger partial charge on any atom is 0.333 e. The molecule has 8 nitrogen and oxygen atoms in total. The SMILES string of the molecule is C=C(C)C(=O)OCC(O)COc1ccc(Sc2ccc(OCC(O)COC(=O)C(=C)C)cc2)cc1. The molecule has 0 amide bonds. The van der Waals surface area contributed by atoms with Gasteiger partial charge in [-0.15, -0.1) is 0 Å². The van der Waals surface area contributed by atoms with Crippen LogP contribution in [0.3, 0.4) is 0 Å². The van der Waals surface area contributed by atoms with Crippen molar-refractivity contribution in [3.63, 3.8) is 0 Å².